The Morgan fingerprint density at radius 2 is 2.17 bits per heavy atom. The van der Waals surface area contributed by atoms with Gasteiger partial charge >= 0.3 is 6.09 Å². The lowest BCUT2D eigenvalue weighted by atomic mass is 10.2. The van der Waals surface area contributed by atoms with Gasteiger partial charge in [-0.05, 0) is 34.6 Å². The van der Waals surface area contributed by atoms with Gasteiger partial charge in [0.2, 0.25) is 0 Å². The number of carbonyl (C=O) groups is 1. The molecule has 1 aliphatic rings. The minimum Gasteiger partial charge on any atom is -0.444 e. The van der Waals surface area contributed by atoms with Gasteiger partial charge in [-0.15, -0.1) is 0 Å². The number of rotatable bonds is 3. The molecule has 0 aromatic carbocycles. The molecule has 3 N–H and O–H groups in total. The molecule has 18 heavy (non-hydrogen) atoms. The van der Waals surface area contributed by atoms with Crippen molar-refractivity contribution in [3.63, 3.8) is 0 Å². The second kappa shape index (κ2) is 5.42. The van der Waals surface area contributed by atoms with E-state index in [0.717, 1.165) is 0 Å². The largest absolute Gasteiger partial charge is 0.444 e. The highest BCUT2D eigenvalue weighted by atomic mass is 16.7. The van der Waals surface area contributed by atoms with Crippen molar-refractivity contribution in [2.45, 2.75) is 58.2 Å². The predicted octanol–water partition coefficient (Wildman–Crippen LogP) is 0.990. The average Bonchev–Trinajstić information content (AvgIpc) is 2.52. The number of carbonyl (C=O) groups excluding carboxylic acids is 1. The zero-order chi connectivity index (χ0) is 14.0. The van der Waals surface area contributed by atoms with Crippen molar-refractivity contribution in [1.82, 2.24) is 5.32 Å². The first-order chi connectivity index (χ1) is 8.09. The number of nitrogens with two attached hydrogens (primary N) is 1. The zero-order valence-electron chi connectivity index (χ0n) is 11.8. The Hall–Kier alpha value is -0.850. The van der Waals surface area contributed by atoms with E-state index in [0.29, 0.717) is 13.2 Å². The van der Waals surface area contributed by atoms with Crippen LogP contribution in [-0.4, -0.2) is 42.8 Å². The fraction of sp³-hybridized carbons (Fsp3) is 0.917. The molecule has 1 heterocycles. The van der Waals surface area contributed by atoms with Crippen LogP contribution in [0, 0.1) is 0 Å². The van der Waals surface area contributed by atoms with Gasteiger partial charge in [0.1, 0.15) is 11.7 Å². The third kappa shape index (κ3) is 5.20. The summed E-state index contributed by atoms with van der Waals surface area (Å²) in [5.74, 6) is -0.603. The van der Waals surface area contributed by atoms with Crippen LogP contribution < -0.4 is 11.1 Å². The molecule has 0 saturated carbocycles. The molecule has 1 saturated heterocycles. The van der Waals surface area contributed by atoms with Gasteiger partial charge in [0.15, 0.2) is 5.79 Å². The Labute approximate surface area is 108 Å². The summed E-state index contributed by atoms with van der Waals surface area (Å²) in [6, 6.07) is -0.320. The summed E-state index contributed by atoms with van der Waals surface area (Å²) < 4.78 is 16.1. The van der Waals surface area contributed by atoms with Crippen LogP contribution in [0.2, 0.25) is 0 Å². The molecule has 2 unspecified atom stereocenters. The van der Waals surface area contributed by atoms with Crippen LogP contribution in [0.15, 0.2) is 0 Å². The number of hydrogen-bond acceptors (Lipinski definition) is 5. The van der Waals surface area contributed by atoms with Gasteiger partial charge in [0.05, 0.1) is 12.6 Å². The Balaban J connectivity index is 2.29. The number of ether oxygens (including phenoxy) is 3. The summed E-state index contributed by atoms with van der Waals surface area (Å²) in [6.45, 7) is 9.82. The van der Waals surface area contributed by atoms with E-state index in [2.05, 4.69) is 5.32 Å². The predicted molar refractivity (Wildman–Crippen MR) is 67.1 cm³/mol. The SMILES string of the molecule is CC(C)(C)OC(=O)NCC(N)C1COC(C)(C)O1. The number of amides is 1. The normalized spacial score (nSPS) is 24.7. The second-order valence-electron chi connectivity index (χ2n) is 5.91. The maximum Gasteiger partial charge on any atom is 0.407 e. The average molecular weight is 260 g/mol. The Morgan fingerprint density at radius 1 is 1.56 bits per heavy atom. The third-order valence-electron chi connectivity index (χ3n) is 2.39. The topological polar surface area (TPSA) is 82.8 Å². The smallest absolute Gasteiger partial charge is 0.407 e. The van der Waals surface area contributed by atoms with Gasteiger partial charge in [-0.1, -0.05) is 0 Å². The second-order valence-corrected chi connectivity index (χ2v) is 5.91. The van der Waals surface area contributed by atoms with Gasteiger partial charge in [-0.2, -0.15) is 0 Å². The molecular formula is C12H24N2O4. The van der Waals surface area contributed by atoms with Crippen LogP contribution in [0.4, 0.5) is 4.79 Å². The fourth-order valence-corrected chi connectivity index (χ4v) is 1.57. The molecule has 6 heteroatoms. The molecule has 1 aliphatic heterocycles. The molecular weight excluding hydrogens is 236 g/mol. The molecule has 6 nitrogen and oxygen atoms in total. The lowest BCUT2D eigenvalue weighted by molar-refractivity contribution is -0.140. The van der Waals surface area contributed by atoms with Crippen molar-refractivity contribution in [2.24, 2.45) is 5.73 Å². The number of hydrogen-bond donors (Lipinski definition) is 2. The zero-order valence-corrected chi connectivity index (χ0v) is 11.8. The van der Waals surface area contributed by atoms with Gasteiger partial charge in [0, 0.05) is 6.54 Å². The van der Waals surface area contributed by atoms with Gasteiger partial charge in [0.25, 0.3) is 0 Å². The molecule has 0 spiro atoms. The van der Waals surface area contributed by atoms with E-state index >= 15 is 0 Å². The minimum absolute atomic E-state index is 0.213. The molecule has 106 valence electrons. The summed E-state index contributed by atoms with van der Waals surface area (Å²) in [5.41, 5.74) is 5.43. The first-order valence-electron chi connectivity index (χ1n) is 6.13. The summed E-state index contributed by atoms with van der Waals surface area (Å²) in [4.78, 5) is 11.4. The molecule has 1 rings (SSSR count). The Morgan fingerprint density at radius 3 is 2.61 bits per heavy atom. The molecule has 0 radical (unpaired) electrons. The van der Waals surface area contributed by atoms with Crippen LogP contribution in [0.25, 0.3) is 0 Å². The monoisotopic (exact) mass is 260 g/mol. The summed E-state index contributed by atoms with van der Waals surface area (Å²) in [6.07, 6.45) is -0.689. The van der Waals surface area contributed by atoms with E-state index in [1.807, 2.05) is 34.6 Å². The van der Waals surface area contributed by atoms with Gasteiger partial charge in [-0.3, -0.25) is 0 Å². The van der Waals surface area contributed by atoms with Crippen LogP contribution in [0.1, 0.15) is 34.6 Å². The molecule has 1 amide bonds. The standard InChI is InChI=1S/C12H24N2O4/c1-11(2,3)18-10(15)14-6-8(13)9-7-16-12(4,5)17-9/h8-9H,6-7,13H2,1-5H3,(H,14,15). The summed E-state index contributed by atoms with van der Waals surface area (Å²) in [5, 5.41) is 2.62. The van der Waals surface area contributed by atoms with Crippen LogP contribution >= 0.6 is 0 Å². The summed E-state index contributed by atoms with van der Waals surface area (Å²) >= 11 is 0. The minimum atomic E-state index is -0.603. The first-order valence-corrected chi connectivity index (χ1v) is 6.13. The van der Waals surface area contributed by atoms with E-state index in [1.165, 1.54) is 0 Å². The lowest BCUT2D eigenvalue weighted by Gasteiger charge is -2.23. The maximum atomic E-state index is 11.4. The van der Waals surface area contributed by atoms with Crippen LogP contribution in [-0.2, 0) is 14.2 Å². The van der Waals surface area contributed by atoms with E-state index in [1.54, 1.807) is 0 Å². The van der Waals surface area contributed by atoms with Crippen molar-refractivity contribution in [3.05, 3.63) is 0 Å². The highest BCUT2D eigenvalue weighted by Crippen LogP contribution is 2.23. The van der Waals surface area contributed by atoms with Crippen molar-refractivity contribution in [2.75, 3.05) is 13.2 Å². The maximum absolute atomic E-state index is 11.4. The van der Waals surface area contributed by atoms with Crippen molar-refractivity contribution in [1.29, 1.82) is 0 Å². The Bertz CT molecular complexity index is 299. The first kappa shape index (κ1) is 15.2. The van der Waals surface area contributed by atoms with E-state index < -0.39 is 17.5 Å². The summed E-state index contributed by atoms with van der Waals surface area (Å²) in [7, 11) is 0. The fourth-order valence-electron chi connectivity index (χ4n) is 1.57. The van der Waals surface area contributed by atoms with Crippen molar-refractivity contribution < 1.29 is 19.0 Å². The lowest BCUT2D eigenvalue weighted by Crippen LogP contribution is -2.47. The molecule has 0 bridgehead atoms. The molecule has 0 aromatic heterocycles. The number of alkyl carbamates (subject to hydrolysis) is 1. The third-order valence-corrected chi connectivity index (χ3v) is 2.39. The molecule has 0 aromatic rings. The van der Waals surface area contributed by atoms with E-state index in [9.17, 15) is 4.79 Å². The van der Waals surface area contributed by atoms with Gasteiger partial charge in [-0.25, -0.2) is 4.79 Å². The van der Waals surface area contributed by atoms with Crippen molar-refractivity contribution in [3.8, 4) is 0 Å². The molecule has 0 aliphatic carbocycles. The number of nitrogens with one attached hydrogen (secondary N) is 1. The Kier molecular flexibility index (Phi) is 4.58. The highest BCUT2D eigenvalue weighted by Gasteiger charge is 2.36. The molecule has 1 fully saturated rings. The van der Waals surface area contributed by atoms with Gasteiger partial charge < -0.3 is 25.3 Å². The molecule has 2 atom stereocenters. The van der Waals surface area contributed by atoms with E-state index in [-0.39, 0.29) is 12.1 Å². The van der Waals surface area contributed by atoms with Crippen LogP contribution in [0.5, 0.6) is 0 Å². The van der Waals surface area contributed by atoms with E-state index in [4.69, 9.17) is 19.9 Å². The van der Waals surface area contributed by atoms with Crippen LogP contribution in [0.3, 0.4) is 0 Å². The quantitative estimate of drug-likeness (QED) is 0.790. The van der Waals surface area contributed by atoms with Crippen molar-refractivity contribution >= 4 is 6.09 Å². The highest BCUT2D eigenvalue weighted by molar-refractivity contribution is 5.67.